The van der Waals surface area contributed by atoms with E-state index in [1.54, 1.807) is 60.8 Å². The Kier molecular flexibility index (Phi) is 6.71. The van der Waals surface area contributed by atoms with Crippen molar-refractivity contribution in [3.8, 4) is 11.4 Å². The molecular weight excluding hydrogens is 466 g/mol. The molecule has 2 aromatic carbocycles. The van der Waals surface area contributed by atoms with Gasteiger partial charge in [-0.05, 0) is 43.3 Å². The standard InChI is InChI=1S/C23H18ClN3O5S/c1-2-31-23(30)20-17-13-33-21(25-18(28)12-32-16-6-4-3-5-7-16)19(17)22(29)27(26-20)15-10-8-14(24)9-11-15/h3-11,13H,2,12H2,1H3,(H,25,28). The van der Waals surface area contributed by atoms with Crippen LogP contribution in [0.5, 0.6) is 5.75 Å². The molecule has 0 aliphatic carbocycles. The molecule has 0 saturated carbocycles. The fourth-order valence-corrected chi connectivity index (χ4v) is 4.16. The lowest BCUT2D eigenvalue weighted by Gasteiger charge is -2.10. The van der Waals surface area contributed by atoms with Gasteiger partial charge in [-0.1, -0.05) is 29.8 Å². The van der Waals surface area contributed by atoms with Gasteiger partial charge in [0.15, 0.2) is 12.3 Å². The Hall–Kier alpha value is -3.69. The van der Waals surface area contributed by atoms with Gasteiger partial charge in [0.25, 0.3) is 11.5 Å². The molecule has 2 aromatic heterocycles. The summed E-state index contributed by atoms with van der Waals surface area (Å²) in [6, 6.07) is 15.3. The Balaban J connectivity index is 1.73. The van der Waals surface area contributed by atoms with Crippen LogP contribution in [0.25, 0.3) is 16.5 Å². The number of aromatic nitrogens is 2. The zero-order valence-electron chi connectivity index (χ0n) is 17.4. The van der Waals surface area contributed by atoms with Gasteiger partial charge < -0.3 is 14.8 Å². The largest absolute Gasteiger partial charge is 0.484 e. The topological polar surface area (TPSA) is 99.5 Å². The van der Waals surface area contributed by atoms with E-state index < -0.39 is 17.4 Å². The van der Waals surface area contributed by atoms with Crippen LogP contribution in [-0.4, -0.2) is 34.9 Å². The van der Waals surface area contributed by atoms with Crippen LogP contribution in [0, 0.1) is 0 Å². The first-order chi connectivity index (χ1) is 16.0. The van der Waals surface area contributed by atoms with E-state index in [0.717, 1.165) is 16.0 Å². The van der Waals surface area contributed by atoms with Crippen LogP contribution in [0.2, 0.25) is 5.02 Å². The molecule has 0 saturated heterocycles. The highest BCUT2D eigenvalue weighted by molar-refractivity contribution is 7.16. The van der Waals surface area contributed by atoms with E-state index in [0.29, 0.717) is 21.8 Å². The minimum Gasteiger partial charge on any atom is -0.484 e. The molecule has 0 atom stereocenters. The maximum Gasteiger partial charge on any atom is 0.359 e. The van der Waals surface area contributed by atoms with E-state index in [-0.39, 0.29) is 29.3 Å². The summed E-state index contributed by atoms with van der Waals surface area (Å²) in [5.41, 5.74) is -0.118. The van der Waals surface area contributed by atoms with Gasteiger partial charge in [0.2, 0.25) is 0 Å². The summed E-state index contributed by atoms with van der Waals surface area (Å²) in [7, 11) is 0. The summed E-state index contributed by atoms with van der Waals surface area (Å²) in [6.07, 6.45) is 0. The van der Waals surface area contributed by atoms with Gasteiger partial charge in [-0.3, -0.25) is 9.59 Å². The SMILES string of the molecule is CCOC(=O)c1nn(-c2ccc(Cl)cc2)c(=O)c2c(NC(=O)COc3ccccc3)scc12. The van der Waals surface area contributed by atoms with Crippen molar-refractivity contribution in [2.75, 3.05) is 18.5 Å². The van der Waals surface area contributed by atoms with Crippen molar-refractivity contribution in [2.24, 2.45) is 0 Å². The third-order valence-electron chi connectivity index (χ3n) is 4.56. The highest BCUT2D eigenvalue weighted by atomic mass is 35.5. The quantitative estimate of drug-likeness (QED) is 0.393. The molecule has 4 rings (SSSR count). The fourth-order valence-electron chi connectivity index (χ4n) is 3.08. The van der Waals surface area contributed by atoms with Crippen molar-refractivity contribution in [3.05, 3.63) is 81.0 Å². The number of carbonyl (C=O) groups is 2. The molecule has 8 nitrogen and oxygen atoms in total. The third kappa shape index (κ3) is 4.89. The molecule has 0 spiro atoms. The lowest BCUT2D eigenvalue weighted by molar-refractivity contribution is -0.118. The summed E-state index contributed by atoms with van der Waals surface area (Å²) >= 11 is 7.07. The molecule has 10 heteroatoms. The van der Waals surface area contributed by atoms with E-state index in [4.69, 9.17) is 21.1 Å². The predicted octanol–water partition coefficient (Wildman–Crippen LogP) is 4.29. The average molecular weight is 484 g/mol. The van der Waals surface area contributed by atoms with E-state index in [9.17, 15) is 14.4 Å². The molecule has 0 fully saturated rings. The molecule has 33 heavy (non-hydrogen) atoms. The summed E-state index contributed by atoms with van der Waals surface area (Å²) in [5.74, 6) is -0.578. The van der Waals surface area contributed by atoms with Crippen molar-refractivity contribution >= 4 is 50.6 Å². The maximum absolute atomic E-state index is 13.3. The summed E-state index contributed by atoms with van der Waals surface area (Å²) in [6.45, 7) is 1.58. The molecule has 0 aliphatic heterocycles. The molecule has 0 radical (unpaired) electrons. The zero-order chi connectivity index (χ0) is 23.4. The second kappa shape index (κ2) is 9.85. The number of nitrogens with zero attached hydrogens (tertiary/aromatic N) is 2. The zero-order valence-corrected chi connectivity index (χ0v) is 19.0. The number of hydrogen-bond donors (Lipinski definition) is 1. The number of hydrogen-bond acceptors (Lipinski definition) is 7. The summed E-state index contributed by atoms with van der Waals surface area (Å²) in [5, 5.41) is 9.76. The number of anilines is 1. The second-order valence-electron chi connectivity index (χ2n) is 6.77. The monoisotopic (exact) mass is 483 g/mol. The molecule has 1 amide bonds. The third-order valence-corrected chi connectivity index (χ3v) is 5.71. The number of esters is 1. The van der Waals surface area contributed by atoms with Gasteiger partial charge >= 0.3 is 5.97 Å². The van der Waals surface area contributed by atoms with Crippen LogP contribution in [0.1, 0.15) is 17.4 Å². The molecule has 0 aliphatic rings. The van der Waals surface area contributed by atoms with Crippen molar-refractivity contribution in [3.63, 3.8) is 0 Å². The predicted molar refractivity (Wildman–Crippen MR) is 127 cm³/mol. The second-order valence-corrected chi connectivity index (χ2v) is 8.08. The fraction of sp³-hybridized carbons (Fsp3) is 0.130. The van der Waals surface area contributed by atoms with Crippen LogP contribution in [0.15, 0.2) is 64.8 Å². The van der Waals surface area contributed by atoms with Crippen molar-refractivity contribution < 1.29 is 19.1 Å². The molecule has 4 aromatic rings. The minimum absolute atomic E-state index is 0.0290. The number of halogens is 1. The number of para-hydroxylation sites is 1. The lowest BCUT2D eigenvalue weighted by Crippen LogP contribution is -2.26. The van der Waals surface area contributed by atoms with Gasteiger partial charge in [0, 0.05) is 15.8 Å². The molecule has 0 unspecified atom stereocenters. The van der Waals surface area contributed by atoms with Gasteiger partial charge in [0.05, 0.1) is 17.7 Å². The Bertz CT molecular complexity index is 1370. The van der Waals surface area contributed by atoms with Crippen LogP contribution >= 0.6 is 22.9 Å². The van der Waals surface area contributed by atoms with Gasteiger partial charge in [0.1, 0.15) is 10.8 Å². The Morgan fingerprint density at radius 3 is 2.55 bits per heavy atom. The molecule has 2 heterocycles. The number of amides is 1. The molecule has 168 valence electrons. The number of nitrogens with one attached hydrogen (secondary N) is 1. The van der Waals surface area contributed by atoms with Crippen LogP contribution in [0.3, 0.4) is 0 Å². The lowest BCUT2D eigenvalue weighted by atomic mass is 10.2. The van der Waals surface area contributed by atoms with Crippen molar-refractivity contribution in [1.82, 2.24) is 9.78 Å². The van der Waals surface area contributed by atoms with E-state index in [2.05, 4.69) is 10.4 Å². The van der Waals surface area contributed by atoms with Gasteiger partial charge in [-0.2, -0.15) is 9.78 Å². The van der Waals surface area contributed by atoms with E-state index in [1.165, 1.54) is 0 Å². The first-order valence-corrected chi connectivity index (χ1v) is 11.2. The van der Waals surface area contributed by atoms with E-state index >= 15 is 0 Å². The summed E-state index contributed by atoms with van der Waals surface area (Å²) < 4.78 is 11.7. The first-order valence-electron chi connectivity index (χ1n) is 9.93. The highest BCUT2D eigenvalue weighted by Gasteiger charge is 2.23. The average Bonchev–Trinajstić information content (AvgIpc) is 3.23. The Morgan fingerprint density at radius 2 is 1.85 bits per heavy atom. The highest BCUT2D eigenvalue weighted by Crippen LogP contribution is 2.30. The van der Waals surface area contributed by atoms with Crippen LogP contribution in [0.4, 0.5) is 5.00 Å². The molecule has 1 N–H and O–H groups in total. The Labute approximate surface area is 197 Å². The number of thiophene rings is 1. The first kappa shape index (κ1) is 22.5. The minimum atomic E-state index is -0.673. The Morgan fingerprint density at radius 1 is 1.12 bits per heavy atom. The van der Waals surface area contributed by atoms with Gasteiger partial charge in [-0.25, -0.2) is 4.79 Å². The molecular formula is C23H18ClN3O5S. The number of ether oxygens (including phenoxy) is 2. The van der Waals surface area contributed by atoms with Crippen molar-refractivity contribution in [2.45, 2.75) is 6.92 Å². The number of benzene rings is 2. The van der Waals surface area contributed by atoms with E-state index in [1.807, 2.05) is 6.07 Å². The number of carbonyl (C=O) groups excluding carboxylic acids is 2. The van der Waals surface area contributed by atoms with Crippen LogP contribution in [-0.2, 0) is 9.53 Å². The normalized spacial score (nSPS) is 10.7. The summed E-state index contributed by atoms with van der Waals surface area (Å²) in [4.78, 5) is 38.4. The number of fused-ring (bicyclic) bond motifs is 1. The smallest absolute Gasteiger partial charge is 0.359 e. The number of rotatable bonds is 7. The van der Waals surface area contributed by atoms with Gasteiger partial charge in [-0.15, -0.1) is 11.3 Å². The van der Waals surface area contributed by atoms with Crippen molar-refractivity contribution in [1.29, 1.82) is 0 Å². The van der Waals surface area contributed by atoms with Crippen LogP contribution < -0.4 is 15.6 Å². The molecule has 0 bridgehead atoms. The maximum atomic E-state index is 13.3.